The predicted molar refractivity (Wildman–Crippen MR) is 52.6 cm³/mol. The molecule has 0 atom stereocenters. The van der Waals surface area contributed by atoms with Gasteiger partial charge in [-0.15, -0.1) is 0 Å². The zero-order chi connectivity index (χ0) is 11.0. The Morgan fingerprint density at radius 1 is 1.43 bits per heavy atom. The van der Waals surface area contributed by atoms with Crippen molar-refractivity contribution in [3.8, 4) is 0 Å². The summed E-state index contributed by atoms with van der Waals surface area (Å²) in [5.74, 6) is -0.565. The van der Waals surface area contributed by atoms with Crippen molar-refractivity contribution in [2.24, 2.45) is 5.73 Å². The molecule has 0 aliphatic heterocycles. The van der Waals surface area contributed by atoms with Crippen LogP contribution in [0.2, 0.25) is 0 Å². The molecule has 1 amide bonds. The number of methoxy groups -OCH3 is 1. The lowest BCUT2D eigenvalue weighted by atomic mass is 10.3. The highest BCUT2D eigenvalue weighted by atomic mass is 16.5. The Labute approximate surface area is 84.2 Å². The highest BCUT2D eigenvalue weighted by Crippen LogP contribution is 1.96. The zero-order valence-electron chi connectivity index (χ0n) is 8.78. The van der Waals surface area contributed by atoms with Crippen molar-refractivity contribution in [3.63, 3.8) is 0 Å². The van der Waals surface area contributed by atoms with Crippen LogP contribution in [0.25, 0.3) is 0 Å². The third kappa shape index (κ3) is 6.42. The third-order valence-electron chi connectivity index (χ3n) is 1.91. The number of nitrogens with zero attached hydrogens (tertiary/aromatic N) is 1. The van der Waals surface area contributed by atoms with Gasteiger partial charge in [0.1, 0.15) is 0 Å². The van der Waals surface area contributed by atoms with E-state index in [1.807, 2.05) is 11.8 Å². The Morgan fingerprint density at radius 3 is 2.50 bits per heavy atom. The maximum atomic E-state index is 10.8. The van der Waals surface area contributed by atoms with Crippen LogP contribution in [-0.2, 0) is 14.3 Å². The number of primary amides is 1. The second-order valence-corrected chi connectivity index (χ2v) is 3.01. The van der Waals surface area contributed by atoms with Crippen LogP contribution in [0.1, 0.15) is 19.8 Å². The predicted octanol–water partition coefficient (Wildman–Crippen LogP) is -0.253. The smallest absolute Gasteiger partial charge is 0.305 e. The van der Waals surface area contributed by atoms with E-state index in [2.05, 4.69) is 4.74 Å². The Balaban J connectivity index is 3.62. The molecule has 5 heteroatoms. The molecule has 0 unspecified atom stereocenters. The summed E-state index contributed by atoms with van der Waals surface area (Å²) in [6, 6.07) is 0. The minimum absolute atomic E-state index is 0.222. The molecule has 0 aliphatic carbocycles. The van der Waals surface area contributed by atoms with E-state index >= 15 is 0 Å². The van der Waals surface area contributed by atoms with Crippen LogP contribution < -0.4 is 5.73 Å². The van der Waals surface area contributed by atoms with E-state index in [0.717, 1.165) is 6.54 Å². The van der Waals surface area contributed by atoms with Gasteiger partial charge in [0, 0.05) is 6.42 Å². The molecule has 2 N–H and O–H groups in total. The molecule has 0 saturated carbocycles. The van der Waals surface area contributed by atoms with Crippen LogP contribution in [0, 0.1) is 0 Å². The number of nitrogens with two attached hydrogens (primary N) is 1. The Kier molecular flexibility index (Phi) is 6.74. The summed E-state index contributed by atoms with van der Waals surface area (Å²) in [7, 11) is 1.36. The van der Waals surface area contributed by atoms with E-state index in [4.69, 9.17) is 5.73 Å². The lowest BCUT2D eigenvalue weighted by molar-refractivity contribution is -0.140. The fourth-order valence-corrected chi connectivity index (χ4v) is 1.12. The minimum atomic E-state index is -0.343. The van der Waals surface area contributed by atoms with E-state index in [-0.39, 0.29) is 18.4 Å². The summed E-state index contributed by atoms with van der Waals surface area (Å²) in [5.41, 5.74) is 5.05. The summed E-state index contributed by atoms with van der Waals surface area (Å²) < 4.78 is 4.50. The number of amides is 1. The van der Waals surface area contributed by atoms with Gasteiger partial charge in [-0.3, -0.25) is 14.5 Å². The van der Waals surface area contributed by atoms with E-state index in [0.29, 0.717) is 19.4 Å². The monoisotopic (exact) mass is 202 g/mol. The van der Waals surface area contributed by atoms with E-state index < -0.39 is 0 Å². The summed E-state index contributed by atoms with van der Waals surface area (Å²) in [6.07, 6.45) is 1.07. The minimum Gasteiger partial charge on any atom is -0.469 e. The maximum Gasteiger partial charge on any atom is 0.305 e. The van der Waals surface area contributed by atoms with Crippen molar-refractivity contribution in [2.75, 3.05) is 26.7 Å². The normalized spacial score (nSPS) is 10.2. The third-order valence-corrected chi connectivity index (χ3v) is 1.91. The molecule has 0 bridgehead atoms. The lowest BCUT2D eigenvalue weighted by Crippen LogP contribution is -2.34. The van der Waals surface area contributed by atoms with Crippen molar-refractivity contribution in [2.45, 2.75) is 19.8 Å². The van der Waals surface area contributed by atoms with Crippen molar-refractivity contribution in [1.82, 2.24) is 4.90 Å². The van der Waals surface area contributed by atoms with Crippen LogP contribution in [0.15, 0.2) is 0 Å². The molecule has 0 spiro atoms. The van der Waals surface area contributed by atoms with Crippen LogP contribution in [0.3, 0.4) is 0 Å². The number of hydrogen-bond donors (Lipinski definition) is 1. The highest BCUT2D eigenvalue weighted by Gasteiger charge is 2.07. The van der Waals surface area contributed by atoms with Gasteiger partial charge in [0.25, 0.3) is 0 Å². The van der Waals surface area contributed by atoms with Crippen LogP contribution in [0.4, 0.5) is 0 Å². The number of hydrogen-bond acceptors (Lipinski definition) is 4. The van der Waals surface area contributed by atoms with Crippen LogP contribution in [-0.4, -0.2) is 43.5 Å². The molecule has 0 radical (unpaired) electrons. The van der Waals surface area contributed by atoms with Gasteiger partial charge >= 0.3 is 5.97 Å². The van der Waals surface area contributed by atoms with Gasteiger partial charge in [-0.1, -0.05) is 6.92 Å². The number of carbonyl (C=O) groups is 2. The SMILES string of the molecule is CCN(CCCC(=O)OC)CC(N)=O. The summed E-state index contributed by atoms with van der Waals surface area (Å²) >= 11 is 0. The molecule has 82 valence electrons. The molecule has 14 heavy (non-hydrogen) atoms. The van der Waals surface area contributed by atoms with Gasteiger partial charge in [-0.05, 0) is 19.5 Å². The number of likely N-dealkylation sites (N-methyl/N-ethyl adjacent to an activating group) is 1. The van der Waals surface area contributed by atoms with Gasteiger partial charge in [0.15, 0.2) is 0 Å². The van der Waals surface area contributed by atoms with Crippen molar-refractivity contribution in [3.05, 3.63) is 0 Å². The summed E-state index contributed by atoms with van der Waals surface area (Å²) in [6.45, 7) is 3.64. The molecule has 0 fully saturated rings. The van der Waals surface area contributed by atoms with Gasteiger partial charge in [0.05, 0.1) is 13.7 Å². The molecule has 0 aliphatic rings. The second kappa shape index (κ2) is 7.32. The molecular weight excluding hydrogens is 184 g/mol. The van der Waals surface area contributed by atoms with Crippen molar-refractivity contribution < 1.29 is 14.3 Å². The lowest BCUT2D eigenvalue weighted by Gasteiger charge is -2.17. The Morgan fingerprint density at radius 2 is 2.07 bits per heavy atom. The molecule has 5 nitrogen and oxygen atoms in total. The molecule has 0 heterocycles. The highest BCUT2D eigenvalue weighted by molar-refractivity contribution is 5.75. The van der Waals surface area contributed by atoms with Crippen molar-refractivity contribution >= 4 is 11.9 Å². The van der Waals surface area contributed by atoms with Crippen LogP contribution in [0.5, 0.6) is 0 Å². The average Bonchev–Trinajstić information content (AvgIpc) is 2.15. The first-order valence-corrected chi connectivity index (χ1v) is 4.67. The molecule has 0 aromatic rings. The fraction of sp³-hybridized carbons (Fsp3) is 0.778. The first kappa shape index (κ1) is 12.9. The van der Waals surface area contributed by atoms with Crippen LogP contribution >= 0.6 is 0 Å². The van der Waals surface area contributed by atoms with E-state index in [1.54, 1.807) is 0 Å². The van der Waals surface area contributed by atoms with Gasteiger partial charge < -0.3 is 10.5 Å². The Hall–Kier alpha value is -1.10. The average molecular weight is 202 g/mol. The van der Waals surface area contributed by atoms with Gasteiger partial charge in [-0.2, -0.15) is 0 Å². The molecule has 0 aromatic carbocycles. The van der Waals surface area contributed by atoms with Gasteiger partial charge in [0.2, 0.25) is 5.91 Å². The first-order chi connectivity index (χ1) is 6.60. The largest absolute Gasteiger partial charge is 0.469 e. The quantitative estimate of drug-likeness (QED) is 0.578. The first-order valence-electron chi connectivity index (χ1n) is 4.67. The standard InChI is InChI=1S/C9H18N2O3/c1-3-11(7-8(10)12)6-4-5-9(13)14-2/h3-7H2,1-2H3,(H2,10,12). The number of ether oxygens (including phenoxy) is 1. The number of carbonyl (C=O) groups excluding carboxylic acids is 2. The van der Waals surface area contributed by atoms with E-state index in [9.17, 15) is 9.59 Å². The summed E-state index contributed by atoms with van der Waals surface area (Å²) in [5, 5.41) is 0. The molecular formula is C9H18N2O3. The summed E-state index contributed by atoms with van der Waals surface area (Å²) in [4.78, 5) is 23.3. The zero-order valence-corrected chi connectivity index (χ0v) is 8.78. The molecule has 0 rings (SSSR count). The van der Waals surface area contributed by atoms with E-state index in [1.165, 1.54) is 7.11 Å². The van der Waals surface area contributed by atoms with Gasteiger partial charge in [-0.25, -0.2) is 0 Å². The fourth-order valence-electron chi connectivity index (χ4n) is 1.12. The topological polar surface area (TPSA) is 72.6 Å². The second-order valence-electron chi connectivity index (χ2n) is 3.01. The Bertz CT molecular complexity index is 194. The van der Waals surface area contributed by atoms with Crippen molar-refractivity contribution in [1.29, 1.82) is 0 Å². The molecule has 0 saturated heterocycles. The maximum absolute atomic E-state index is 10.8. The molecule has 0 aromatic heterocycles. The number of esters is 1. The number of rotatable bonds is 7.